The first-order valence-electron chi connectivity index (χ1n) is 4.83. The van der Waals surface area contributed by atoms with Crippen LogP contribution in [-0.2, 0) is 9.53 Å². The molecule has 0 aromatic heterocycles. The SMILES string of the molecule is C=C(C)C(=O)N1CCN(CCOC)C1=O. The molecular formula is C10H16N2O3. The Labute approximate surface area is 89.3 Å². The molecule has 1 heterocycles. The summed E-state index contributed by atoms with van der Waals surface area (Å²) in [6.45, 7) is 7.16. The van der Waals surface area contributed by atoms with Crippen LogP contribution in [0.3, 0.4) is 0 Å². The van der Waals surface area contributed by atoms with Crippen molar-refractivity contribution >= 4 is 11.9 Å². The molecule has 1 fully saturated rings. The number of imide groups is 1. The number of carbonyl (C=O) groups excluding carboxylic acids is 2. The third-order valence-corrected chi connectivity index (χ3v) is 2.27. The van der Waals surface area contributed by atoms with Gasteiger partial charge in [0.1, 0.15) is 0 Å². The zero-order valence-electron chi connectivity index (χ0n) is 9.15. The van der Waals surface area contributed by atoms with E-state index in [1.807, 2.05) is 0 Å². The fourth-order valence-corrected chi connectivity index (χ4v) is 1.41. The van der Waals surface area contributed by atoms with Gasteiger partial charge in [-0.05, 0) is 6.92 Å². The molecule has 15 heavy (non-hydrogen) atoms. The molecule has 0 unspecified atom stereocenters. The molecule has 0 N–H and O–H groups in total. The van der Waals surface area contributed by atoms with E-state index in [1.54, 1.807) is 18.9 Å². The lowest BCUT2D eigenvalue weighted by Crippen LogP contribution is -2.37. The van der Waals surface area contributed by atoms with Crippen LogP contribution < -0.4 is 0 Å². The summed E-state index contributed by atoms with van der Waals surface area (Å²) in [5.41, 5.74) is 0.386. The van der Waals surface area contributed by atoms with E-state index < -0.39 is 0 Å². The van der Waals surface area contributed by atoms with Crippen molar-refractivity contribution in [2.24, 2.45) is 0 Å². The largest absolute Gasteiger partial charge is 0.383 e. The van der Waals surface area contributed by atoms with Crippen LogP contribution in [-0.4, -0.2) is 55.1 Å². The molecule has 1 aliphatic rings. The molecule has 0 atom stereocenters. The summed E-state index contributed by atoms with van der Waals surface area (Å²) in [6, 6.07) is -0.250. The Morgan fingerprint density at radius 1 is 1.53 bits per heavy atom. The van der Waals surface area contributed by atoms with Crippen LogP contribution in [0.2, 0.25) is 0 Å². The average Bonchev–Trinajstić information content (AvgIpc) is 2.55. The van der Waals surface area contributed by atoms with Crippen LogP contribution in [0.1, 0.15) is 6.92 Å². The molecule has 0 aromatic carbocycles. The first-order valence-corrected chi connectivity index (χ1v) is 4.83. The van der Waals surface area contributed by atoms with Gasteiger partial charge >= 0.3 is 6.03 Å². The summed E-state index contributed by atoms with van der Waals surface area (Å²) in [7, 11) is 1.58. The highest BCUT2D eigenvalue weighted by Crippen LogP contribution is 2.11. The minimum absolute atomic E-state index is 0.250. The van der Waals surface area contributed by atoms with Crippen LogP contribution in [0.4, 0.5) is 4.79 Å². The van der Waals surface area contributed by atoms with Crippen molar-refractivity contribution in [1.29, 1.82) is 0 Å². The molecular weight excluding hydrogens is 196 g/mol. The van der Waals surface area contributed by atoms with Gasteiger partial charge in [0, 0.05) is 32.3 Å². The highest BCUT2D eigenvalue weighted by molar-refractivity contribution is 6.03. The Morgan fingerprint density at radius 2 is 2.20 bits per heavy atom. The van der Waals surface area contributed by atoms with E-state index in [4.69, 9.17) is 4.74 Å². The van der Waals surface area contributed by atoms with E-state index >= 15 is 0 Å². The fourth-order valence-electron chi connectivity index (χ4n) is 1.41. The molecule has 0 saturated carbocycles. The monoisotopic (exact) mass is 212 g/mol. The molecule has 1 saturated heterocycles. The van der Waals surface area contributed by atoms with Crippen LogP contribution >= 0.6 is 0 Å². The molecule has 0 spiro atoms. The molecule has 84 valence electrons. The summed E-state index contributed by atoms with van der Waals surface area (Å²) in [6.07, 6.45) is 0. The van der Waals surface area contributed by atoms with Gasteiger partial charge in [-0.25, -0.2) is 4.79 Å². The van der Waals surface area contributed by atoms with Gasteiger partial charge in [-0.1, -0.05) is 6.58 Å². The quantitative estimate of drug-likeness (QED) is 0.637. The summed E-state index contributed by atoms with van der Waals surface area (Å²) < 4.78 is 4.88. The molecule has 3 amide bonds. The number of hydrogen-bond acceptors (Lipinski definition) is 3. The van der Waals surface area contributed by atoms with Crippen molar-refractivity contribution in [3.8, 4) is 0 Å². The molecule has 0 aromatic rings. The molecule has 0 bridgehead atoms. The number of nitrogens with zero attached hydrogens (tertiary/aromatic N) is 2. The molecule has 0 aliphatic carbocycles. The van der Waals surface area contributed by atoms with Gasteiger partial charge in [0.05, 0.1) is 6.61 Å². The maximum absolute atomic E-state index is 11.7. The van der Waals surface area contributed by atoms with E-state index in [0.717, 1.165) is 0 Å². The molecule has 1 aliphatic heterocycles. The zero-order chi connectivity index (χ0) is 11.4. The first-order chi connectivity index (χ1) is 7.07. The molecule has 5 heteroatoms. The van der Waals surface area contributed by atoms with Crippen LogP contribution in [0.15, 0.2) is 12.2 Å². The highest BCUT2D eigenvalue weighted by atomic mass is 16.5. The minimum atomic E-state index is -0.292. The van der Waals surface area contributed by atoms with Gasteiger partial charge in [-0.3, -0.25) is 9.69 Å². The Morgan fingerprint density at radius 3 is 2.73 bits per heavy atom. The molecule has 1 rings (SSSR count). The Hall–Kier alpha value is -1.36. The van der Waals surface area contributed by atoms with Gasteiger partial charge < -0.3 is 9.64 Å². The Bertz CT molecular complexity index is 288. The van der Waals surface area contributed by atoms with Crippen molar-refractivity contribution in [2.45, 2.75) is 6.92 Å². The summed E-state index contributed by atoms with van der Waals surface area (Å²) in [4.78, 5) is 26.0. The highest BCUT2D eigenvalue weighted by Gasteiger charge is 2.32. The minimum Gasteiger partial charge on any atom is -0.383 e. The van der Waals surface area contributed by atoms with E-state index in [0.29, 0.717) is 31.8 Å². The van der Waals surface area contributed by atoms with Crippen molar-refractivity contribution in [3.05, 3.63) is 12.2 Å². The third-order valence-electron chi connectivity index (χ3n) is 2.27. The van der Waals surface area contributed by atoms with Gasteiger partial charge in [0.15, 0.2) is 0 Å². The lowest BCUT2D eigenvalue weighted by molar-refractivity contribution is -0.123. The van der Waals surface area contributed by atoms with Crippen molar-refractivity contribution in [2.75, 3.05) is 33.4 Å². The maximum atomic E-state index is 11.7. The maximum Gasteiger partial charge on any atom is 0.327 e. The summed E-state index contributed by atoms with van der Waals surface area (Å²) in [5, 5.41) is 0. The molecule has 0 radical (unpaired) electrons. The van der Waals surface area contributed by atoms with E-state index in [2.05, 4.69) is 6.58 Å². The van der Waals surface area contributed by atoms with Crippen LogP contribution in [0.5, 0.6) is 0 Å². The topological polar surface area (TPSA) is 49.9 Å². The van der Waals surface area contributed by atoms with Crippen molar-refractivity contribution < 1.29 is 14.3 Å². The second-order valence-corrected chi connectivity index (χ2v) is 3.50. The van der Waals surface area contributed by atoms with Crippen molar-refractivity contribution in [3.63, 3.8) is 0 Å². The number of ether oxygens (including phenoxy) is 1. The Kier molecular flexibility index (Phi) is 3.85. The standard InChI is InChI=1S/C10H16N2O3/c1-8(2)9(13)12-5-4-11(10(12)14)6-7-15-3/h1,4-7H2,2-3H3. The second-order valence-electron chi connectivity index (χ2n) is 3.50. The third kappa shape index (κ3) is 2.56. The first kappa shape index (κ1) is 11.7. The van der Waals surface area contributed by atoms with Crippen LogP contribution in [0, 0.1) is 0 Å². The normalized spacial score (nSPS) is 16.0. The number of methoxy groups -OCH3 is 1. The van der Waals surface area contributed by atoms with Gasteiger partial charge in [-0.15, -0.1) is 0 Å². The van der Waals surface area contributed by atoms with Crippen LogP contribution in [0.25, 0.3) is 0 Å². The molecule has 5 nitrogen and oxygen atoms in total. The number of urea groups is 1. The smallest absolute Gasteiger partial charge is 0.327 e. The zero-order valence-corrected chi connectivity index (χ0v) is 9.15. The summed E-state index contributed by atoms with van der Waals surface area (Å²) in [5.74, 6) is -0.292. The van der Waals surface area contributed by atoms with Gasteiger partial charge in [0.2, 0.25) is 0 Å². The van der Waals surface area contributed by atoms with Gasteiger partial charge in [-0.2, -0.15) is 0 Å². The second kappa shape index (κ2) is 4.93. The van der Waals surface area contributed by atoms with E-state index in [-0.39, 0.29) is 11.9 Å². The van der Waals surface area contributed by atoms with E-state index in [9.17, 15) is 9.59 Å². The number of carbonyl (C=O) groups is 2. The predicted octanol–water partition coefficient (Wildman–Crippen LogP) is 0.473. The lowest BCUT2D eigenvalue weighted by atomic mass is 10.3. The van der Waals surface area contributed by atoms with Gasteiger partial charge in [0.25, 0.3) is 5.91 Å². The number of rotatable bonds is 4. The number of hydrogen-bond donors (Lipinski definition) is 0. The number of amides is 3. The predicted molar refractivity (Wildman–Crippen MR) is 55.4 cm³/mol. The van der Waals surface area contributed by atoms with Crippen molar-refractivity contribution in [1.82, 2.24) is 9.80 Å². The summed E-state index contributed by atoms with van der Waals surface area (Å²) >= 11 is 0. The fraction of sp³-hybridized carbons (Fsp3) is 0.600. The Balaban J connectivity index is 2.56. The lowest BCUT2D eigenvalue weighted by Gasteiger charge is -2.16. The van der Waals surface area contributed by atoms with E-state index in [1.165, 1.54) is 4.90 Å². The average molecular weight is 212 g/mol.